The van der Waals surface area contributed by atoms with Crippen molar-refractivity contribution < 1.29 is 4.79 Å². The second-order valence-electron chi connectivity index (χ2n) is 6.07. The maximum atomic E-state index is 12.4. The van der Waals surface area contributed by atoms with E-state index in [1.165, 1.54) is 0 Å². The average molecular weight is 332 g/mol. The van der Waals surface area contributed by atoms with Gasteiger partial charge in [-0.25, -0.2) is 9.67 Å². The van der Waals surface area contributed by atoms with Crippen molar-refractivity contribution >= 4 is 16.9 Å². The lowest BCUT2D eigenvalue weighted by molar-refractivity contribution is 0.0958. The molecule has 0 spiro atoms. The Hall–Kier alpha value is -3.13. The molecule has 0 aliphatic rings. The monoisotopic (exact) mass is 332 g/mol. The quantitative estimate of drug-likeness (QED) is 0.750. The molecule has 0 unspecified atom stereocenters. The third kappa shape index (κ3) is 3.69. The van der Waals surface area contributed by atoms with Gasteiger partial charge < -0.3 is 5.32 Å². The van der Waals surface area contributed by atoms with E-state index in [1.54, 1.807) is 6.20 Å². The fourth-order valence-corrected chi connectivity index (χ4v) is 2.56. The maximum Gasteiger partial charge on any atom is 0.253 e. The lowest BCUT2D eigenvalue weighted by Gasteiger charge is -2.09. The summed E-state index contributed by atoms with van der Waals surface area (Å²) in [6.45, 7) is 6.23. The Kier molecular flexibility index (Phi) is 4.80. The number of benzene rings is 1. The Morgan fingerprint density at radius 3 is 2.76 bits per heavy atom. The summed E-state index contributed by atoms with van der Waals surface area (Å²) in [7, 11) is 0. The molecule has 5 heteroatoms. The zero-order valence-corrected chi connectivity index (χ0v) is 14.6. The molecule has 126 valence electrons. The third-order valence-corrected chi connectivity index (χ3v) is 3.84. The Morgan fingerprint density at radius 1 is 1.28 bits per heavy atom. The summed E-state index contributed by atoms with van der Waals surface area (Å²) in [5, 5.41) is 8.03. The van der Waals surface area contributed by atoms with E-state index < -0.39 is 0 Å². The molecule has 5 nitrogen and oxygen atoms in total. The number of fused-ring (bicyclic) bond motifs is 1. The highest BCUT2D eigenvalue weighted by Gasteiger charge is 2.14. The summed E-state index contributed by atoms with van der Waals surface area (Å²) in [4.78, 5) is 17.0. The molecule has 2 aromatic heterocycles. The van der Waals surface area contributed by atoms with Crippen LogP contribution >= 0.6 is 0 Å². The highest BCUT2D eigenvalue weighted by molar-refractivity contribution is 5.98. The number of aromatic nitrogens is 3. The van der Waals surface area contributed by atoms with E-state index in [-0.39, 0.29) is 18.5 Å². The van der Waals surface area contributed by atoms with Gasteiger partial charge in [-0.3, -0.25) is 4.79 Å². The van der Waals surface area contributed by atoms with Gasteiger partial charge in [0, 0.05) is 17.0 Å². The van der Waals surface area contributed by atoms with Crippen molar-refractivity contribution in [3.63, 3.8) is 0 Å². The Morgan fingerprint density at radius 2 is 2.04 bits per heavy atom. The molecule has 0 radical (unpaired) electrons. The first-order valence-corrected chi connectivity index (χ1v) is 8.23. The van der Waals surface area contributed by atoms with Crippen molar-refractivity contribution in [3.8, 4) is 11.8 Å². The molecular formula is C20H20N4O. The van der Waals surface area contributed by atoms with Gasteiger partial charge >= 0.3 is 0 Å². The molecule has 3 rings (SSSR count). The summed E-state index contributed by atoms with van der Waals surface area (Å²) >= 11 is 0. The normalized spacial score (nSPS) is 10.6. The van der Waals surface area contributed by atoms with Gasteiger partial charge in [0.1, 0.15) is 0 Å². The van der Waals surface area contributed by atoms with Crippen LogP contribution in [0.25, 0.3) is 11.0 Å². The predicted molar refractivity (Wildman–Crippen MR) is 98.3 cm³/mol. The zero-order valence-electron chi connectivity index (χ0n) is 14.6. The summed E-state index contributed by atoms with van der Waals surface area (Å²) in [5.74, 6) is 5.80. The van der Waals surface area contributed by atoms with Crippen LogP contribution in [-0.4, -0.2) is 27.2 Å². The van der Waals surface area contributed by atoms with Crippen molar-refractivity contribution in [2.75, 3.05) is 6.54 Å². The molecular weight excluding hydrogens is 312 g/mol. The van der Waals surface area contributed by atoms with Crippen LogP contribution in [0, 0.1) is 18.8 Å². The Bertz CT molecular complexity index is 962. The number of aryl methyl sites for hydroxylation is 1. The van der Waals surface area contributed by atoms with E-state index >= 15 is 0 Å². The molecule has 0 aliphatic carbocycles. The second-order valence-corrected chi connectivity index (χ2v) is 6.07. The molecule has 0 atom stereocenters. The molecule has 0 bridgehead atoms. The number of nitrogens with one attached hydrogen (secondary N) is 1. The molecule has 0 saturated heterocycles. The van der Waals surface area contributed by atoms with Gasteiger partial charge in [-0.15, -0.1) is 0 Å². The van der Waals surface area contributed by atoms with E-state index in [0.717, 1.165) is 16.6 Å². The summed E-state index contributed by atoms with van der Waals surface area (Å²) in [6.07, 6.45) is 1.74. The van der Waals surface area contributed by atoms with E-state index in [2.05, 4.69) is 41.1 Å². The van der Waals surface area contributed by atoms with Crippen LogP contribution in [0.5, 0.6) is 0 Å². The van der Waals surface area contributed by atoms with Crippen LogP contribution < -0.4 is 5.32 Å². The largest absolute Gasteiger partial charge is 0.341 e. The number of amides is 1. The fraction of sp³-hybridized carbons (Fsp3) is 0.250. The van der Waals surface area contributed by atoms with Crippen LogP contribution in [0.15, 0.2) is 42.6 Å². The van der Waals surface area contributed by atoms with Crippen molar-refractivity contribution in [2.45, 2.75) is 26.8 Å². The lowest BCUT2D eigenvalue weighted by Crippen LogP contribution is -2.24. The zero-order chi connectivity index (χ0) is 17.8. The van der Waals surface area contributed by atoms with Gasteiger partial charge in [0.05, 0.1) is 24.0 Å². The summed E-state index contributed by atoms with van der Waals surface area (Å²) in [6, 6.07) is 11.7. The molecule has 1 amide bonds. The van der Waals surface area contributed by atoms with Gasteiger partial charge in [-0.2, -0.15) is 5.10 Å². The van der Waals surface area contributed by atoms with E-state index in [0.29, 0.717) is 11.3 Å². The Balaban J connectivity index is 1.74. The smallest absolute Gasteiger partial charge is 0.253 e. The molecule has 2 heterocycles. The number of hydrogen-bond donors (Lipinski definition) is 1. The number of nitrogens with zero attached hydrogens (tertiary/aromatic N) is 3. The average Bonchev–Trinajstić information content (AvgIpc) is 3.01. The van der Waals surface area contributed by atoms with Crippen LogP contribution in [0.2, 0.25) is 0 Å². The molecule has 1 N–H and O–H groups in total. The van der Waals surface area contributed by atoms with Crippen LogP contribution in [-0.2, 0) is 0 Å². The van der Waals surface area contributed by atoms with E-state index in [1.807, 2.05) is 48.0 Å². The first-order valence-electron chi connectivity index (χ1n) is 8.23. The van der Waals surface area contributed by atoms with E-state index in [4.69, 9.17) is 0 Å². The number of pyridine rings is 1. The highest BCUT2D eigenvalue weighted by Crippen LogP contribution is 2.19. The number of carbonyl (C=O) groups is 1. The van der Waals surface area contributed by atoms with Crippen LogP contribution in [0.4, 0.5) is 0 Å². The maximum absolute atomic E-state index is 12.4. The summed E-state index contributed by atoms with van der Waals surface area (Å²) in [5.41, 5.74) is 2.96. The number of hydrogen-bond acceptors (Lipinski definition) is 3. The molecule has 0 fully saturated rings. The van der Waals surface area contributed by atoms with E-state index in [9.17, 15) is 4.79 Å². The minimum atomic E-state index is -0.174. The molecule has 1 aromatic carbocycles. The van der Waals surface area contributed by atoms with Gasteiger partial charge in [0.2, 0.25) is 0 Å². The first-order chi connectivity index (χ1) is 12.1. The van der Waals surface area contributed by atoms with Crippen molar-refractivity contribution in [3.05, 3.63) is 59.4 Å². The molecule has 3 aromatic rings. The minimum Gasteiger partial charge on any atom is -0.341 e. The SMILES string of the molecule is Cc1nc2c(cnn2C(C)C)cc1C(=O)NCC#Cc1ccccc1. The first kappa shape index (κ1) is 16.7. The van der Waals surface area contributed by atoms with Crippen LogP contribution in [0.3, 0.4) is 0 Å². The van der Waals surface area contributed by atoms with Crippen molar-refractivity contribution in [1.82, 2.24) is 20.1 Å². The van der Waals surface area contributed by atoms with Gasteiger partial charge in [-0.05, 0) is 39.0 Å². The fourth-order valence-electron chi connectivity index (χ4n) is 2.56. The lowest BCUT2D eigenvalue weighted by atomic mass is 10.1. The standard InChI is InChI=1S/C20H20N4O/c1-14(2)24-19-17(13-22-24)12-18(15(3)23-19)20(25)21-11-7-10-16-8-5-4-6-9-16/h4-6,8-9,12-14H,11H2,1-3H3,(H,21,25). The molecule has 25 heavy (non-hydrogen) atoms. The predicted octanol–water partition coefficient (Wildman–Crippen LogP) is 3.10. The van der Waals surface area contributed by atoms with Crippen molar-refractivity contribution in [2.24, 2.45) is 0 Å². The van der Waals surface area contributed by atoms with Crippen LogP contribution in [0.1, 0.15) is 41.5 Å². The highest BCUT2D eigenvalue weighted by atomic mass is 16.1. The molecule has 0 aliphatic heterocycles. The van der Waals surface area contributed by atoms with Crippen molar-refractivity contribution in [1.29, 1.82) is 0 Å². The Labute approximate surface area is 147 Å². The molecule has 0 saturated carbocycles. The second kappa shape index (κ2) is 7.18. The minimum absolute atomic E-state index is 0.174. The van der Waals surface area contributed by atoms with Gasteiger partial charge in [-0.1, -0.05) is 30.0 Å². The third-order valence-electron chi connectivity index (χ3n) is 3.84. The topological polar surface area (TPSA) is 59.8 Å². The van der Waals surface area contributed by atoms with Gasteiger partial charge in [0.15, 0.2) is 5.65 Å². The summed E-state index contributed by atoms with van der Waals surface area (Å²) < 4.78 is 1.86. The number of carbonyl (C=O) groups excluding carboxylic acids is 1. The van der Waals surface area contributed by atoms with Gasteiger partial charge in [0.25, 0.3) is 5.91 Å². The number of rotatable bonds is 3.